The highest BCUT2D eigenvalue weighted by Gasteiger charge is 2.27. The smallest absolute Gasteiger partial charge is 0.328 e. The minimum atomic E-state index is -1.29. The van der Waals surface area contributed by atoms with Crippen molar-refractivity contribution in [2.45, 2.75) is 32.9 Å². The number of aryl methyl sites for hydroxylation is 1. The molecule has 0 radical (unpaired) electrons. The summed E-state index contributed by atoms with van der Waals surface area (Å²) in [6.45, 7) is 4.28. The van der Waals surface area contributed by atoms with E-state index in [9.17, 15) is 24.3 Å². The van der Waals surface area contributed by atoms with Crippen LogP contribution in [0.1, 0.15) is 48.0 Å². The number of carboxylic acid groups (broad SMARTS) is 1. The van der Waals surface area contributed by atoms with Gasteiger partial charge in [-0.3, -0.25) is 14.4 Å². The van der Waals surface area contributed by atoms with Gasteiger partial charge in [-0.2, -0.15) is 0 Å². The highest BCUT2D eigenvalue weighted by Crippen LogP contribution is 2.28. The fourth-order valence-corrected chi connectivity index (χ4v) is 5.07. The van der Waals surface area contributed by atoms with E-state index in [0.717, 1.165) is 16.7 Å². The van der Waals surface area contributed by atoms with Crippen LogP contribution in [0.5, 0.6) is 0 Å². The highest BCUT2D eigenvalue weighted by molar-refractivity contribution is 7.12. The van der Waals surface area contributed by atoms with E-state index in [-0.39, 0.29) is 12.5 Å². The molecular formula is C27H27N3O6S. The van der Waals surface area contributed by atoms with Gasteiger partial charge in [-0.25, -0.2) is 4.79 Å². The van der Waals surface area contributed by atoms with Crippen molar-refractivity contribution in [1.29, 1.82) is 0 Å². The second kappa shape index (κ2) is 11.3. The normalized spacial score (nSPS) is 13.7. The molecule has 3 aromatic rings. The third kappa shape index (κ3) is 5.97. The molecule has 1 aliphatic heterocycles. The van der Waals surface area contributed by atoms with E-state index in [1.54, 1.807) is 53.8 Å². The molecule has 3 N–H and O–H groups in total. The number of nitrogens with zero attached hydrogens (tertiary/aromatic N) is 1. The Morgan fingerprint density at radius 2 is 2.00 bits per heavy atom. The van der Waals surface area contributed by atoms with E-state index in [0.29, 0.717) is 41.3 Å². The molecule has 2 aromatic heterocycles. The summed E-state index contributed by atoms with van der Waals surface area (Å²) in [5.41, 5.74) is 3.79. The number of nitrogens with one attached hydrogen (secondary N) is 2. The molecule has 0 saturated heterocycles. The molecule has 192 valence electrons. The van der Waals surface area contributed by atoms with Gasteiger partial charge < -0.3 is 25.1 Å². The summed E-state index contributed by atoms with van der Waals surface area (Å²) in [6.07, 6.45) is 5.22. The van der Waals surface area contributed by atoms with Crippen LogP contribution in [0, 0.1) is 13.8 Å². The number of aliphatic carboxylic acids is 1. The molecule has 9 nitrogen and oxygen atoms in total. The van der Waals surface area contributed by atoms with Crippen molar-refractivity contribution in [1.82, 2.24) is 15.5 Å². The molecule has 4 rings (SSSR count). The third-order valence-corrected chi connectivity index (χ3v) is 7.15. The number of thiophene rings is 1. The fourth-order valence-electron chi connectivity index (χ4n) is 4.43. The van der Waals surface area contributed by atoms with Gasteiger partial charge in [-0.1, -0.05) is 12.1 Å². The zero-order valence-corrected chi connectivity index (χ0v) is 21.3. The molecule has 0 saturated carbocycles. The molecule has 1 aromatic carbocycles. The SMILES string of the molecule is Cc1cc2c(c(C)c1C(=O)N[C@@H](CNC(=O)c1cccs1)C(=O)O)CCN(C(=O)/C=C/c1ccco1)C2. The first-order valence-corrected chi connectivity index (χ1v) is 12.6. The lowest BCUT2D eigenvalue weighted by atomic mass is 9.88. The molecule has 0 unspecified atom stereocenters. The average molecular weight is 522 g/mol. The van der Waals surface area contributed by atoms with E-state index < -0.39 is 23.8 Å². The van der Waals surface area contributed by atoms with Crippen LogP contribution < -0.4 is 10.6 Å². The first kappa shape index (κ1) is 25.9. The molecular weight excluding hydrogens is 494 g/mol. The standard InChI is InChI=1S/C27H27N3O6S/c1-16-13-18-15-30(23(31)8-7-19-5-3-11-36-19)10-9-20(18)17(2)24(16)26(33)29-21(27(34)35)14-28-25(32)22-6-4-12-37-22/h3-8,11-13,21H,9-10,14-15H2,1-2H3,(H,28,32)(H,29,33)(H,34,35)/b8-7+/t21-/m0/s1. The molecule has 0 aliphatic carbocycles. The largest absolute Gasteiger partial charge is 0.480 e. The van der Waals surface area contributed by atoms with Crippen LogP contribution in [0.2, 0.25) is 0 Å². The Bertz CT molecular complexity index is 1340. The Morgan fingerprint density at radius 3 is 2.68 bits per heavy atom. The second-order valence-corrected chi connectivity index (χ2v) is 9.69. The number of carboxylic acids is 1. The quantitative estimate of drug-likeness (QED) is 0.391. The van der Waals surface area contributed by atoms with E-state index in [2.05, 4.69) is 10.6 Å². The number of carbonyl (C=O) groups is 4. The maximum atomic E-state index is 13.2. The van der Waals surface area contributed by atoms with Gasteiger partial charge in [0, 0.05) is 31.3 Å². The predicted molar refractivity (Wildman–Crippen MR) is 138 cm³/mol. The zero-order valence-electron chi connectivity index (χ0n) is 20.4. The molecule has 37 heavy (non-hydrogen) atoms. The molecule has 3 heterocycles. The van der Waals surface area contributed by atoms with Crippen LogP contribution in [0.3, 0.4) is 0 Å². The fraction of sp³-hybridized carbons (Fsp3) is 0.259. The topological polar surface area (TPSA) is 129 Å². The summed E-state index contributed by atoms with van der Waals surface area (Å²) < 4.78 is 5.23. The average Bonchev–Trinajstić information content (AvgIpc) is 3.59. The number of carbonyl (C=O) groups excluding carboxylic acids is 3. The minimum Gasteiger partial charge on any atom is -0.480 e. The molecule has 0 spiro atoms. The van der Waals surface area contributed by atoms with E-state index in [1.165, 1.54) is 17.4 Å². The number of amides is 3. The van der Waals surface area contributed by atoms with Crippen molar-refractivity contribution in [3.05, 3.63) is 86.5 Å². The van der Waals surface area contributed by atoms with Crippen LogP contribution in [-0.4, -0.2) is 52.8 Å². The van der Waals surface area contributed by atoms with Gasteiger partial charge in [0.25, 0.3) is 11.8 Å². The van der Waals surface area contributed by atoms with Crippen molar-refractivity contribution >= 4 is 41.1 Å². The van der Waals surface area contributed by atoms with E-state index >= 15 is 0 Å². The summed E-state index contributed by atoms with van der Waals surface area (Å²) >= 11 is 1.24. The van der Waals surface area contributed by atoms with Gasteiger partial charge in [0.05, 0.1) is 11.1 Å². The summed E-state index contributed by atoms with van der Waals surface area (Å²) in [5.74, 6) is -1.69. The van der Waals surface area contributed by atoms with Gasteiger partial charge in [-0.05, 0) is 72.2 Å². The highest BCUT2D eigenvalue weighted by atomic mass is 32.1. The Kier molecular flexibility index (Phi) is 7.88. The number of furan rings is 1. The van der Waals surface area contributed by atoms with Gasteiger partial charge in [0.1, 0.15) is 11.8 Å². The molecule has 1 atom stereocenters. The molecule has 0 fully saturated rings. The van der Waals surface area contributed by atoms with Crippen LogP contribution in [0.4, 0.5) is 0 Å². The number of benzene rings is 1. The minimum absolute atomic E-state index is 0.131. The van der Waals surface area contributed by atoms with Gasteiger partial charge >= 0.3 is 5.97 Å². The Morgan fingerprint density at radius 1 is 1.19 bits per heavy atom. The Labute approximate surface area is 217 Å². The molecule has 3 amide bonds. The lowest BCUT2D eigenvalue weighted by Crippen LogP contribution is -2.48. The Hall–Kier alpha value is -4.18. The number of rotatable bonds is 8. The van der Waals surface area contributed by atoms with Gasteiger partial charge in [0.15, 0.2) is 0 Å². The zero-order chi connectivity index (χ0) is 26.5. The van der Waals surface area contributed by atoms with Crippen molar-refractivity contribution in [3.63, 3.8) is 0 Å². The van der Waals surface area contributed by atoms with Crippen molar-refractivity contribution < 1.29 is 28.7 Å². The number of hydrogen-bond acceptors (Lipinski definition) is 6. The monoisotopic (exact) mass is 521 g/mol. The lowest BCUT2D eigenvalue weighted by molar-refractivity contribution is -0.139. The molecule has 0 bridgehead atoms. The number of hydrogen-bond donors (Lipinski definition) is 3. The van der Waals surface area contributed by atoms with Crippen LogP contribution in [0.25, 0.3) is 6.08 Å². The second-order valence-electron chi connectivity index (χ2n) is 8.74. The van der Waals surface area contributed by atoms with Gasteiger partial charge in [0.2, 0.25) is 5.91 Å². The van der Waals surface area contributed by atoms with Crippen LogP contribution >= 0.6 is 11.3 Å². The lowest BCUT2D eigenvalue weighted by Gasteiger charge is -2.30. The summed E-state index contributed by atoms with van der Waals surface area (Å²) in [5, 5.41) is 16.5. The van der Waals surface area contributed by atoms with Gasteiger partial charge in [-0.15, -0.1) is 11.3 Å². The van der Waals surface area contributed by atoms with Crippen molar-refractivity contribution in [2.24, 2.45) is 0 Å². The molecule has 10 heteroatoms. The van der Waals surface area contributed by atoms with E-state index in [4.69, 9.17) is 4.42 Å². The first-order chi connectivity index (χ1) is 17.7. The molecule has 1 aliphatic rings. The Balaban J connectivity index is 1.45. The number of fused-ring (bicyclic) bond motifs is 1. The van der Waals surface area contributed by atoms with Crippen molar-refractivity contribution in [2.75, 3.05) is 13.1 Å². The van der Waals surface area contributed by atoms with Crippen molar-refractivity contribution in [3.8, 4) is 0 Å². The third-order valence-electron chi connectivity index (χ3n) is 6.28. The summed E-state index contributed by atoms with van der Waals surface area (Å²) in [4.78, 5) is 52.0. The summed E-state index contributed by atoms with van der Waals surface area (Å²) in [6, 6.07) is 7.46. The first-order valence-electron chi connectivity index (χ1n) is 11.7. The van der Waals surface area contributed by atoms with Crippen LogP contribution in [0.15, 0.2) is 52.5 Å². The van der Waals surface area contributed by atoms with Crippen LogP contribution in [-0.2, 0) is 22.6 Å². The maximum absolute atomic E-state index is 13.2. The van der Waals surface area contributed by atoms with E-state index in [1.807, 2.05) is 13.0 Å². The predicted octanol–water partition coefficient (Wildman–Crippen LogP) is 3.17. The summed E-state index contributed by atoms with van der Waals surface area (Å²) in [7, 11) is 0. The maximum Gasteiger partial charge on any atom is 0.328 e.